The SMILES string of the molecule is CC1=CC(c2cccc(-c3ccc4sc5c(-c6cccc(-c7cnc8c9ccccc9c9ccccc9c8n7)c6)cc(-c6cccc(-c7cc(C)cc(C)c7)c6)cc5c4c3)c2)CC(C)=C1. The fraction of sp³-hybridized carbons (Fsp3) is 0.0968. The van der Waals surface area contributed by atoms with Crippen LogP contribution in [0.15, 0.2) is 199 Å². The first-order valence-corrected chi connectivity index (χ1v) is 23.4. The molecule has 3 heteroatoms. The lowest BCUT2D eigenvalue weighted by Gasteiger charge is -2.20. The third-order valence-electron chi connectivity index (χ3n) is 13.3. The first kappa shape index (κ1) is 39.2. The first-order valence-electron chi connectivity index (χ1n) is 22.6. The Bertz CT molecular complexity index is 3750. The van der Waals surface area contributed by atoms with Crippen LogP contribution in [0.1, 0.15) is 42.9 Å². The summed E-state index contributed by atoms with van der Waals surface area (Å²) in [4.78, 5) is 10.5. The molecule has 0 saturated carbocycles. The Kier molecular flexibility index (Phi) is 9.43. The number of fused-ring (bicyclic) bond motifs is 9. The van der Waals surface area contributed by atoms with E-state index in [0.29, 0.717) is 5.92 Å². The predicted octanol–water partition coefficient (Wildman–Crippen LogP) is 17.6. The molecule has 0 spiro atoms. The van der Waals surface area contributed by atoms with E-state index in [-0.39, 0.29) is 0 Å². The van der Waals surface area contributed by atoms with Crippen molar-refractivity contribution in [2.75, 3.05) is 0 Å². The molecule has 0 bridgehead atoms. The van der Waals surface area contributed by atoms with Gasteiger partial charge in [-0.25, -0.2) is 4.98 Å². The molecule has 1 aliphatic rings. The van der Waals surface area contributed by atoms with Crippen molar-refractivity contribution in [2.24, 2.45) is 0 Å². The number of nitrogens with zero attached hydrogens (tertiary/aromatic N) is 2. The fourth-order valence-electron chi connectivity index (χ4n) is 10.4. The number of thiophene rings is 1. The molecule has 1 unspecified atom stereocenters. The van der Waals surface area contributed by atoms with Crippen molar-refractivity contribution in [3.63, 3.8) is 0 Å². The number of benzene rings is 9. The molecule has 0 amide bonds. The summed E-state index contributed by atoms with van der Waals surface area (Å²) in [7, 11) is 0. The third kappa shape index (κ3) is 7.04. The van der Waals surface area contributed by atoms with Gasteiger partial charge in [-0.2, -0.15) is 0 Å². The lowest BCUT2D eigenvalue weighted by atomic mass is 9.85. The number of aryl methyl sites for hydroxylation is 2. The maximum absolute atomic E-state index is 5.39. The van der Waals surface area contributed by atoms with Crippen LogP contribution in [0.3, 0.4) is 0 Å². The summed E-state index contributed by atoms with van der Waals surface area (Å²) in [5.41, 5.74) is 20.2. The normalized spacial score (nSPS) is 14.1. The van der Waals surface area contributed by atoms with Crippen LogP contribution in [0.5, 0.6) is 0 Å². The summed E-state index contributed by atoms with van der Waals surface area (Å²) in [5.74, 6) is 0.394. The van der Waals surface area contributed by atoms with Gasteiger partial charge in [0, 0.05) is 48.0 Å². The van der Waals surface area contributed by atoms with Crippen LogP contribution in [0.25, 0.3) is 109 Å². The summed E-state index contributed by atoms with van der Waals surface area (Å²) in [6, 6.07) is 63.0. The van der Waals surface area contributed by atoms with E-state index >= 15 is 0 Å². The average Bonchev–Trinajstić information content (AvgIpc) is 3.71. The van der Waals surface area contributed by atoms with Gasteiger partial charge in [-0.1, -0.05) is 168 Å². The Labute approximate surface area is 383 Å². The molecule has 0 radical (unpaired) electrons. The topological polar surface area (TPSA) is 25.8 Å². The van der Waals surface area contributed by atoms with Gasteiger partial charge in [-0.05, 0) is 126 Å². The zero-order valence-corrected chi connectivity index (χ0v) is 37.8. The van der Waals surface area contributed by atoms with E-state index in [9.17, 15) is 0 Å². The average molecular weight is 851 g/mol. The van der Waals surface area contributed by atoms with Crippen LogP contribution in [0.4, 0.5) is 0 Å². The second-order valence-electron chi connectivity index (χ2n) is 18.1. The van der Waals surface area contributed by atoms with E-state index in [4.69, 9.17) is 9.97 Å². The molecule has 310 valence electrons. The number of hydrogen-bond donors (Lipinski definition) is 0. The first-order chi connectivity index (χ1) is 31.8. The maximum Gasteiger partial charge on any atom is 0.0979 e. The minimum atomic E-state index is 0.394. The van der Waals surface area contributed by atoms with Gasteiger partial charge in [0.15, 0.2) is 0 Å². The quantitative estimate of drug-likeness (QED) is 0.156. The van der Waals surface area contributed by atoms with Gasteiger partial charge in [0.1, 0.15) is 0 Å². The van der Waals surface area contributed by atoms with E-state index < -0.39 is 0 Å². The van der Waals surface area contributed by atoms with E-state index in [0.717, 1.165) is 45.0 Å². The third-order valence-corrected chi connectivity index (χ3v) is 14.6. The van der Waals surface area contributed by atoms with Gasteiger partial charge in [-0.15, -0.1) is 11.3 Å². The van der Waals surface area contributed by atoms with E-state index in [1.807, 2.05) is 17.5 Å². The zero-order valence-electron chi connectivity index (χ0n) is 37.0. The smallest absolute Gasteiger partial charge is 0.0979 e. The van der Waals surface area contributed by atoms with Crippen LogP contribution in [0, 0.1) is 13.8 Å². The molecule has 2 aromatic heterocycles. The molecule has 1 aliphatic carbocycles. The number of hydrogen-bond acceptors (Lipinski definition) is 3. The Morgan fingerprint density at radius 1 is 0.462 bits per heavy atom. The highest BCUT2D eigenvalue weighted by Gasteiger charge is 2.19. The lowest BCUT2D eigenvalue weighted by Crippen LogP contribution is -2.01. The van der Waals surface area contributed by atoms with Gasteiger partial charge in [-0.3, -0.25) is 4.98 Å². The Hall–Kier alpha value is -7.46. The minimum absolute atomic E-state index is 0.394. The second kappa shape index (κ2) is 15.7. The molecule has 2 heterocycles. The fourth-order valence-corrected chi connectivity index (χ4v) is 11.6. The largest absolute Gasteiger partial charge is 0.252 e. The van der Waals surface area contributed by atoms with Crippen LogP contribution >= 0.6 is 11.3 Å². The summed E-state index contributed by atoms with van der Waals surface area (Å²) in [5, 5.41) is 7.19. The Morgan fingerprint density at radius 2 is 1.06 bits per heavy atom. The van der Waals surface area contributed by atoms with Crippen molar-refractivity contribution in [2.45, 2.75) is 40.0 Å². The van der Waals surface area contributed by atoms with Gasteiger partial charge in [0.2, 0.25) is 0 Å². The standard InChI is InChI=1S/C62H46N2S/c1-37-24-38(2)27-48(26-37)42-13-9-12-41(30-42)45-22-23-59-56(33-45)57-35-50(44-15-10-14-43(31-44)49-28-39(3)25-40(4)29-49)34-55(62(57)65-59)46-16-11-17-47(32-46)58-36-63-60-53-20-7-5-18-51(53)52-19-6-8-21-54(52)61(60)64-58/h5-26,28-36,48H,27H2,1-4H3. The molecule has 11 aromatic rings. The van der Waals surface area contributed by atoms with Crippen molar-refractivity contribution in [1.29, 1.82) is 0 Å². The molecule has 1 atom stereocenters. The molecular weight excluding hydrogens is 805 g/mol. The van der Waals surface area contributed by atoms with Gasteiger partial charge < -0.3 is 0 Å². The highest BCUT2D eigenvalue weighted by atomic mass is 32.1. The van der Waals surface area contributed by atoms with Crippen LogP contribution in [-0.2, 0) is 0 Å². The van der Waals surface area contributed by atoms with Crippen LogP contribution in [0.2, 0.25) is 0 Å². The van der Waals surface area contributed by atoms with Crippen molar-refractivity contribution in [3.8, 4) is 55.8 Å². The Morgan fingerprint density at radius 3 is 1.80 bits per heavy atom. The van der Waals surface area contributed by atoms with Crippen molar-refractivity contribution in [3.05, 3.63) is 216 Å². The van der Waals surface area contributed by atoms with E-state index in [1.54, 1.807) is 0 Å². The summed E-state index contributed by atoms with van der Waals surface area (Å²) >= 11 is 1.88. The molecule has 2 nitrogen and oxygen atoms in total. The zero-order chi connectivity index (χ0) is 43.8. The van der Waals surface area contributed by atoms with Crippen LogP contribution < -0.4 is 0 Å². The number of rotatable bonds is 6. The molecule has 9 aromatic carbocycles. The van der Waals surface area contributed by atoms with Gasteiger partial charge >= 0.3 is 0 Å². The van der Waals surface area contributed by atoms with Crippen molar-refractivity contribution < 1.29 is 0 Å². The number of allylic oxidation sites excluding steroid dienone is 4. The van der Waals surface area contributed by atoms with Crippen molar-refractivity contribution in [1.82, 2.24) is 9.97 Å². The predicted molar refractivity (Wildman–Crippen MR) is 279 cm³/mol. The molecular formula is C62H46N2S. The highest BCUT2D eigenvalue weighted by molar-refractivity contribution is 7.26. The monoisotopic (exact) mass is 850 g/mol. The van der Waals surface area contributed by atoms with Crippen LogP contribution in [-0.4, -0.2) is 9.97 Å². The lowest BCUT2D eigenvalue weighted by molar-refractivity contribution is 0.804. The molecule has 0 fully saturated rings. The molecule has 65 heavy (non-hydrogen) atoms. The molecule has 0 N–H and O–H groups in total. The second-order valence-corrected chi connectivity index (χ2v) is 19.2. The summed E-state index contributed by atoms with van der Waals surface area (Å²) in [6.07, 6.45) is 7.75. The minimum Gasteiger partial charge on any atom is -0.252 e. The van der Waals surface area contributed by atoms with Gasteiger partial charge in [0.25, 0.3) is 0 Å². The Balaban J connectivity index is 1.03. The molecule has 12 rings (SSSR count). The maximum atomic E-state index is 5.39. The summed E-state index contributed by atoms with van der Waals surface area (Å²) in [6.45, 7) is 8.83. The van der Waals surface area contributed by atoms with E-state index in [1.165, 1.54) is 97.7 Å². The molecule has 0 saturated heterocycles. The highest BCUT2D eigenvalue weighted by Crippen LogP contribution is 2.45. The molecule has 0 aliphatic heterocycles. The number of aromatic nitrogens is 2. The van der Waals surface area contributed by atoms with Gasteiger partial charge in [0.05, 0.1) is 22.9 Å². The van der Waals surface area contributed by atoms with Crippen molar-refractivity contribution >= 4 is 64.1 Å². The van der Waals surface area contributed by atoms with E-state index in [2.05, 4.69) is 210 Å². The summed E-state index contributed by atoms with van der Waals surface area (Å²) < 4.78 is 2.56.